The van der Waals surface area contributed by atoms with Crippen molar-refractivity contribution in [2.75, 3.05) is 39.6 Å². The first-order valence-electron chi connectivity index (χ1n) is 43.4. The first-order valence-corrected chi connectivity index (χ1v) is 46.4. The molecule has 3 unspecified atom stereocenters. The van der Waals surface area contributed by atoms with Gasteiger partial charge in [0.25, 0.3) is 0 Å². The van der Waals surface area contributed by atoms with Crippen LogP contribution in [0.2, 0.25) is 0 Å². The molecule has 0 aliphatic carbocycles. The first-order chi connectivity index (χ1) is 49.8. The van der Waals surface area contributed by atoms with E-state index in [0.29, 0.717) is 25.7 Å². The van der Waals surface area contributed by atoms with Gasteiger partial charge in [-0.3, -0.25) is 37.3 Å². The molecule has 0 radical (unpaired) electrons. The van der Waals surface area contributed by atoms with Crippen LogP contribution in [0.15, 0.2) is 0 Å². The molecule has 0 saturated carbocycles. The summed E-state index contributed by atoms with van der Waals surface area (Å²) in [6.45, 7) is 12.0. The number of hydrogen-bond donors (Lipinski definition) is 3. The van der Waals surface area contributed by atoms with Crippen molar-refractivity contribution in [3.05, 3.63) is 0 Å². The maximum absolute atomic E-state index is 13.1. The van der Waals surface area contributed by atoms with Gasteiger partial charge in [-0.2, -0.15) is 0 Å². The summed E-state index contributed by atoms with van der Waals surface area (Å²) in [5.74, 6) is 0.211. The van der Waals surface area contributed by atoms with Gasteiger partial charge in [-0.15, -0.1) is 0 Å². The van der Waals surface area contributed by atoms with E-state index >= 15 is 0 Å². The lowest BCUT2D eigenvalue weighted by Crippen LogP contribution is -2.30. The summed E-state index contributed by atoms with van der Waals surface area (Å²) in [4.78, 5) is 73.1. The standard InChI is InChI=1S/C84H164O17P2/c1-8-10-11-12-13-14-15-16-17-18-19-20-21-22-25-29-32-37-46-53-60-67-83(88)100-79(71-94-81(86)65-58-51-44-36-31-28-26-23-24-27-30-34-41-48-55-62-75(3)4)73-98-102(90,91)96-69-78(85)70-97-103(92,93)99-74-80(101-84(89)68-61-54-47-38-33-35-42-49-56-63-76(5)6)72-95-82(87)66-59-52-45-40-39-43-50-57-64-77(7)9-2/h75-80,85H,8-74H2,1-7H3,(H,90,91)(H,92,93)/t77?,78-,79-,80-/m1/s1. The molecular formula is C84H164O17P2. The number of phosphoric acid groups is 2. The highest BCUT2D eigenvalue weighted by molar-refractivity contribution is 7.47. The highest BCUT2D eigenvalue weighted by atomic mass is 31.2. The molecule has 0 aliphatic heterocycles. The van der Waals surface area contributed by atoms with Gasteiger partial charge in [-0.25, -0.2) is 9.13 Å². The van der Waals surface area contributed by atoms with Gasteiger partial charge in [0.1, 0.15) is 19.3 Å². The minimum absolute atomic E-state index is 0.105. The molecule has 6 atom stereocenters. The lowest BCUT2D eigenvalue weighted by Gasteiger charge is -2.21. The monoisotopic (exact) mass is 1510 g/mol. The van der Waals surface area contributed by atoms with Crippen molar-refractivity contribution >= 4 is 39.5 Å². The van der Waals surface area contributed by atoms with Gasteiger partial charge in [0.2, 0.25) is 0 Å². The number of aliphatic hydroxyl groups excluding tert-OH is 1. The lowest BCUT2D eigenvalue weighted by molar-refractivity contribution is -0.161. The molecule has 0 aromatic carbocycles. The predicted molar refractivity (Wildman–Crippen MR) is 423 cm³/mol. The molecule has 0 fully saturated rings. The predicted octanol–water partition coefficient (Wildman–Crippen LogP) is 25.3. The Balaban J connectivity index is 5.24. The Bertz CT molecular complexity index is 1990. The number of carbonyl (C=O) groups is 4. The Morgan fingerprint density at radius 1 is 0.282 bits per heavy atom. The molecule has 0 saturated heterocycles. The van der Waals surface area contributed by atoms with Crippen LogP contribution in [-0.2, 0) is 65.4 Å². The molecule has 19 heteroatoms. The lowest BCUT2D eigenvalue weighted by atomic mass is 9.99. The number of ether oxygens (including phenoxy) is 4. The molecule has 612 valence electrons. The van der Waals surface area contributed by atoms with Crippen LogP contribution in [-0.4, -0.2) is 96.7 Å². The van der Waals surface area contributed by atoms with Gasteiger partial charge in [0, 0.05) is 25.7 Å². The van der Waals surface area contributed by atoms with Crippen LogP contribution in [0.1, 0.15) is 440 Å². The Labute approximate surface area is 632 Å². The van der Waals surface area contributed by atoms with Crippen LogP contribution in [0.4, 0.5) is 0 Å². The Morgan fingerprint density at radius 3 is 0.738 bits per heavy atom. The fraction of sp³-hybridized carbons (Fsp3) is 0.952. The van der Waals surface area contributed by atoms with Crippen LogP contribution in [0.5, 0.6) is 0 Å². The molecule has 0 aromatic heterocycles. The third kappa shape index (κ3) is 76.6. The van der Waals surface area contributed by atoms with E-state index in [0.717, 1.165) is 108 Å². The van der Waals surface area contributed by atoms with E-state index in [4.69, 9.17) is 37.0 Å². The topological polar surface area (TPSA) is 237 Å². The summed E-state index contributed by atoms with van der Waals surface area (Å²) in [6.07, 6.45) is 63.9. The smallest absolute Gasteiger partial charge is 0.462 e. The molecule has 0 rings (SSSR count). The van der Waals surface area contributed by atoms with E-state index < -0.39 is 97.5 Å². The largest absolute Gasteiger partial charge is 0.472 e. The van der Waals surface area contributed by atoms with E-state index in [1.54, 1.807) is 0 Å². The highest BCUT2D eigenvalue weighted by Gasteiger charge is 2.30. The number of aliphatic hydroxyl groups is 1. The summed E-state index contributed by atoms with van der Waals surface area (Å²) in [6, 6.07) is 0. The Kier molecular flexibility index (Phi) is 72.8. The normalized spacial score (nSPS) is 14.2. The Morgan fingerprint density at radius 2 is 0.495 bits per heavy atom. The molecule has 17 nitrogen and oxygen atoms in total. The van der Waals surface area contributed by atoms with E-state index in [-0.39, 0.29) is 25.7 Å². The van der Waals surface area contributed by atoms with Crippen LogP contribution in [0.25, 0.3) is 0 Å². The minimum atomic E-state index is -4.97. The van der Waals surface area contributed by atoms with Crippen LogP contribution < -0.4 is 0 Å². The SMILES string of the molecule is CCCCCCCCCCCCCCCCCCCCCCCC(=O)O[C@H](COC(=O)CCCCCCCCCCCCCCCCCC(C)C)COP(=O)(O)OC[C@@H](O)COP(=O)(O)OC[C@@H](COC(=O)CCCCCCCCCCC(C)CC)OC(=O)CCCCCCCCCCCC(C)C. The van der Waals surface area contributed by atoms with E-state index in [2.05, 4.69) is 48.5 Å². The average molecular weight is 1510 g/mol. The molecule has 103 heavy (non-hydrogen) atoms. The molecule has 0 heterocycles. The van der Waals surface area contributed by atoms with Crippen LogP contribution in [0, 0.1) is 17.8 Å². The van der Waals surface area contributed by atoms with Gasteiger partial charge < -0.3 is 33.8 Å². The highest BCUT2D eigenvalue weighted by Crippen LogP contribution is 2.45. The summed E-state index contributed by atoms with van der Waals surface area (Å²) in [5.41, 5.74) is 0. The van der Waals surface area contributed by atoms with Gasteiger partial charge in [0.05, 0.1) is 26.4 Å². The number of phosphoric ester groups is 2. The summed E-state index contributed by atoms with van der Waals surface area (Å²) in [5, 5.41) is 10.7. The number of hydrogen-bond acceptors (Lipinski definition) is 15. The quantitative estimate of drug-likeness (QED) is 0.0222. The molecular weight excluding hydrogens is 1340 g/mol. The molecule has 0 spiro atoms. The second kappa shape index (κ2) is 74.2. The fourth-order valence-electron chi connectivity index (χ4n) is 13.0. The zero-order chi connectivity index (χ0) is 75.8. The van der Waals surface area contributed by atoms with Crippen molar-refractivity contribution in [2.45, 2.75) is 458 Å². The maximum atomic E-state index is 13.1. The van der Waals surface area contributed by atoms with Crippen LogP contribution >= 0.6 is 15.6 Å². The third-order valence-corrected chi connectivity index (χ3v) is 21.9. The van der Waals surface area contributed by atoms with E-state index in [1.807, 2.05) is 0 Å². The van der Waals surface area contributed by atoms with Crippen molar-refractivity contribution in [1.29, 1.82) is 0 Å². The fourth-order valence-corrected chi connectivity index (χ4v) is 14.6. The summed E-state index contributed by atoms with van der Waals surface area (Å²) >= 11 is 0. The van der Waals surface area contributed by atoms with Crippen molar-refractivity contribution in [3.8, 4) is 0 Å². The number of esters is 4. The van der Waals surface area contributed by atoms with Crippen molar-refractivity contribution in [2.24, 2.45) is 17.8 Å². The van der Waals surface area contributed by atoms with E-state index in [1.165, 1.54) is 250 Å². The minimum Gasteiger partial charge on any atom is -0.462 e. The number of unbranched alkanes of at least 4 members (excludes halogenated alkanes) is 49. The number of carbonyl (C=O) groups excluding carboxylic acids is 4. The molecule has 0 aromatic rings. The van der Waals surface area contributed by atoms with Gasteiger partial charge in [0.15, 0.2) is 12.2 Å². The second-order valence-electron chi connectivity index (χ2n) is 31.4. The van der Waals surface area contributed by atoms with Crippen molar-refractivity contribution in [3.63, 3.8) is 0 Å². The van der Waals surface area contributed by atoms with Gasteiger partial charge in [-0.05, 0) is 43.4 Å². The third-order valence-electron chi connectivity index (χ3n) is 20.0. The zero-order valence-electron chi connectivity index (χ0n) is 67.8. The van der Waals surface area contributed by atoms with E-state index in [9.17, 15) is 43.2 Å². The maximum Gasteiger partial charge on any atom is 0.472 e. The van der Waals surface area contributed by atoms with Crippen LogP contribution in [0.3, 0.4) is 0 Å². The second-order valence-corrected chi connectivity index (χ2v) is 34.3. The Hall–Kier alpha value is -1.94. The zero-order valence-corrected chi connectivity index (χ0v) is 69.6. The first kappa shape index (κ1) is 101. The molecule has 0 amide bonds. The number of rotatable bonds is 82. The van der Waals surface area contributed by atoms with Crippen molar-refractivity contribution < 1.29 is 80.2 Å². The molecule has 0 aliphatic rings. The molecule has 0 bridgehead atoms. The van der Waals surface area contributed by atoms with Gasteiger partial charge in [-0.1, -0.05) is 389 Å². The average Bonchev–Trinajstić information content (AvgIpc) is 0.928. The van der Waals surface area contributed by atoms with Crippen molar-refractivity contribution in [1.82, 2.24) is 0 Å². The van der Waals surface area contributed by atoms with Gasteiger partial charge >= 0.3 is 39.5 Å². The summed E-state index contributed by atoms with van der Waals surface area (Å²) in [7, 11) is -9.93. The summed E-state index contributed by atoms with van der Waals surface area (Å²) < 4.78 is 68.8. The molecule has 3 N–H and O–H groups in total.